The second kappa shape index (κ2) is 4.25. The van der Waals surface area contributed by atoms with Crippen LogP contribution >= 0.6 is 15.9 Å². The topological polar surface area (TPSA) is 68.0 Å². The molecule has 0 aliphatic heterocycles. The molecule has 0 aliphatic rings. The van der Waals surface area contributed by atoms with Gasteiger partial charge in [0.15, 0.2) is 0 Å². The van der Waals surface area contributed by atoms with Gasteiger partial charge in [-0.15, -0.1) is 5.10 Å². The zero-order chi connectivity index (χ0) is 12.6. The number of carboxylic acid groups (broad SMARTS) is 1. The quantitative estimate of drug-likeness (QED) is 0.923. The lowest BCUT2D eigenvalue weighted by molar-refractivity contribution is 0.0683. The van der Waals surface area contributed by atoms with Crippen molar-refractivity contribution in [3.8, 4) is 5.69 Å². The lowest BCUT2D eigenvalue weighted by atomic mass is 10.3. The number of aromatic carboxylic acids is 1. The van der Waals surface area contributed by atoms with Crippen molar-refractivity contribution in [2.75, 3.05) is 0 Å². The van der Waals surface area contributed by atoms with Gasteiger partial charge >= 0.3 is 5.97 Å². The number of aryl methyl sites for hydroxylation is 1. The van der Waals surface area contributed by atoms with E-state index in [1.165, 1.54) is 22.9 Å². The number of aromatic nitrogens is 3. The van der Waals surface area contributed by atoms with Crippen molar-refractivity contribution >= 4 is 21.9 Å². The fourth-order valence-electron chi connectivity index (χ4n) is 1.36. The fourth-order valence-corrected chi connectivity index (χ4v) is 1.88. The van der Waals surface area contributed by atoms with E-state index in [9.17, 15) is 9.18 Å². The van der Waals surface area contributed by atoms with Gasteiger partial charge in [0.1, 0.15) is 11.6 Å². The van der Waals surface area contributed by atoms with Gasteiger partial charge in [0.05, 0.1) is 5.69 Å². The van der Waals surface area contributed by atoms with E-state index < -0.39 is 11.8 Å². The van der Waals surface area contributed by atoms with Crippen molar-refractivity contribution in [2.24, 2.45) is 0 Å². The molecule has 1 N–H and O–H groups in total. The summed E-state index contributed by atoms with van der Waals surface area (Å²) in [5.74, 6) is -1.48. The zero-order valence-corrected chi connectivity index (χ0v) is 10.3. The number of hydrogen-bond acceptors (Lipinski definition) is 3. The first-order valence-electron chi connectivity index (χ1n) is 4.61. The number of carboxylic acids is 1. The van der Waals surface area contributed by atoms with Gasteiger partial charge in [-0.3, -0.25) is 0 Å². The Hall–Kier alpha value is -1.76. The van der Waals surface area contributed by atoms with Gasteiger partial charge in [-0.2, -0.15) is 0 Å². The molecule has 17 heavy (non-hydrogen) atoms. The fraction of sp³-hybridized carbons (Fsp3) is 0.100. The summed E-state index contributed by atoms with van der Waals surface area (Å²) in [6, 6.07) is 4.03. The molecular formula is C10H7BrFN3O2. The first-order valence-corrected chi connectivity index (χ1v) is 5.40. The first kappa shape index (κ1) is 11.7. The third-order valence-electron chi connectivity index (χ3n) is 2.10. The summed E-state index contributed by atoms with van der Waals surface area (Å²) in [6.07, 6.45) is 0. The Labute approximate surface area is 104 Å². The second-order valence-corrected chi connectivity index (χ2v) is 4.15. The number of rotatable bonds is 2. The van der Waals surface area contributed by atoms with Gasteiger partial charge in [0.25, 0.3) is 5.82 Å². The molecule has 5 nitrogen and oxygen atoms in total. The molecule has 2 aromatic rings. The predicted molar refractivity (Wildman–Crippen MR) is 60.7 cm³/mol. The molecule has 88 valence electrons. The highest BCUT2D eigenvalue weighted by atomic mass is 79.9. The van der Waals surface area contributed by atoms with Crippen LogP contribution in [0.3, 0.4) is 0 Å². The Morgan fingerprint density at radius 3 is 2.76 bits per heavy atom. The van der Waals surface area contributed by atoms with Crippen LogP contribution < -0.4 is 0 Å². The number of hydrogen-bond donors (Lipinski definition) is 1. The summed E-state index contributed by atoms with van der Waals surface area (Å²) in [5.41, 5.74) is 0.531. The number of carbonyl (C=O) groups is 1. The highest BCUT2D eigenvalue weighted by Crippen LogP contribution is 2.22. The summed E-state index contributed by atoms with van der Waals surface area (Å²) in [4.78, 5) is 14.5. The number of nitrogens with zero attached hydrogens (tertiary/aromatic N) is 3. The van der Waals surface area contributed by atoms with Crippen molar-refractivity contribution in [2.45, 2.75) is 6.92 Å². The van der Waals surface area contributed by atoms with Gasteiger partial charge in [0.2, 0.25) is 0 Å². The monoisotopic (exact) mass is 299 g/mol. The first-order chi connectivity index (χ1) is 7.99. The maximum atomic E-state index is 12.9. The molecule has 1 aromatic heterocycles. The van der Waals surface area contributed by atoms with Crippen molar-refractivity contribution in [3.05, 3.63) is 40.1 Å². The average molecular weight is 300 g/mol. The smallest absolute Gasteiger partial charge is 0.375 e. The van der Waals surface area contributed by atoms with E-state index in [4.69, 9.17) is 5.11 Å². The van der Waals surface area contributed by atoms with E-state index in [1.54, 1.807) is 6.92 Å². The summed E-state index contributed by atoms with van der Waals surface area (Å²) >= 11 is 3.19. The summed E-state index contributed by atoms with van der Waals surface area (Å²) in [6.45, 7) is 1.62. The predicted octanol–water partition coefficient (Wildman–Crippen LogP) is 2.18. The van der Waals surface area contributed by atoms with Crippen molar-refractivity contribution in [1.82, 2.24) is 14.8 Å². The van der Waals surface area contributed by atoms with Crippen LogP contribution in [0.15, 0.2) is 22.7 Å². The lowest BCUT2D eigenvalue weighted by Gasteiger charge is -2.05. The molecule has 7 heteroatoms. The molecule has 2 rings (SSSR count). The molecule has 0 atom stereocenters. The third-order valence-corrected chi connectivity index (χ3v) is 2.73. The molecular weight excluding hydrogens is 293 g/mol. The van der Waals surface area contributed by atoms with E-state index >= 15 is 0 Å². The molecule has 0 amide bonds. The van der Waals surface area contributed by atoms with Gasteiger partial charge < -0.3 is 5.11 Å². The molecule has 0 spiro atoms. The molecule has 0 bridgehead atoms. The minimum atomic E-state index is -1.20. The van der Waals surface area contributed by atoms with Crippen molar-refractivity contribution in [3.63, 3.8) is 0 Å². The summed E-state index contributed by atoms with van der Waals surface area (Å²) < 4.78 is 14.7. The highest BCUT2D eigenvalue weighted by Gasteiger charge is 2.15. The third kappa shape index (κ3) is 2.19. The van der Waals surface area contributed by atoms with Crippen LogP contribution in [0.5, 0.6) is 0 Å². The normalized spacial score (nSPS) is 10.5. The molecule has 0 saturated heterocycles. The second-order valence-electron chi connectivity index (χ2n) is 3.30. The van der Waals surface area contributed by atoms with Crippen molar-refractivity contribution < 1.29 is 14.3 Å². The van der Waals surface area contributed by atoms with E-state index in [2.05, 4.69) is 26.0 Å². The van der Waals surface area contributed by atoms with Crippen LogP contribution in [0.1, 0.15) is 16.4 Å². The van der Waals surface area contributed by atoms with Gasteiger partial charge in [-0.1, -0.05) is 0 Å². The van der Waals surface area contributed by atoms with Gasteiger partial charge in [-0.05, 0) is 41.1 Å². The molecule has 0 fully saturated rings. The maximum absolute atomic E-state index is 12.9. The molecule has 0 unspecified atom stereocenters. The Balaban J connectivity index is 2.56. The minimum absolute atomic E-state index is 0.293. The van der Waals surface area contributed by atoms with Crippen LogP contribution in [0.4, 0.5) is 4.39 Å². The Bertz CT molecular complexity index is 597. The lowest BCUT2D eigenvalue weighted by Crippen LogP contribution is -2.03. The summed E-state index contributed by atoms with van der Waals surface area (Å²) in [7, 11) is 0. The molecule has 1 heterocycles. The molecule has 0 radical (unpaired) electrons. The van der Waals surface area contributed by atoms with Crippen LogP contribution in [-0.4, -0.2) is 25.8 Å². The number of benzene rings is 1. The highest BCUT2D eigenvalue weighted by molar-refractivity contribution is 9.10. The van der Waals surface area contributed by atoms with Crippen LogP contribution in [0.2, 0.25) is 0 Å². The Morgan fingerprint density at radius 1 is 1.53 bits per heavy atom. The van der Waals surface area contributed by atoms with E-state index in [-0.39, 0.29) is 5.82 Å². The van der Waals surface area contributed by atoms with E-state index in [1.807, 2.05) is 0 Å². The Kier molecular flexibility index (Phi) is 2.93. The average Bonchev–Trinajstić information content (AvgIpc) is 2.61. The van der Waals surface area contributed by atoms with E-state index in [0.717, 1.165) is 0 Å². The van der Waals surface area contributed by atoms with Crippen molar-refractivity contribution in [1.29, 1.82) is 0 Å². The molecule has 0 saturated carbocycles. The van der Waals surface area contributed by atoms with Crippen LogP contribution in [-0.2, 0) is 0 Å². The van der Waals surface area contributed by atoms with E-state index in [0.29, 0.717) is 16.0 Å². The Morgan fingerprint density at radius 2 is 2.24 bits per heavy atom. The SMILES string of the molecule is Cc1nc(C(=O)O)nn1-c1ccc(F)cc1Br. The standard InChI is InChI=1S/C10H7BrFN3O2/c1-5-13-9(10(16)17)14-15(5)8-3-2-6(12)4-7(8)11/h2-4H,1H3,(H,16,17). The summed E-state index contributed by atoms with van der Waals surface area (Å²) in [5, 5.41) is 12.6. The minimum Gasteiger partial charge on any atom is -0.475 e. The van der Waals surface area contributed by atoms with Crippen LogP contribution in [0.25, 0.3) is 5.69 Å². The van der Waals surface area contributed by atoms with Gasteiger partial charge in [-0.25, -0.2) is 18.9 Å². The van der Waals surface area contributed by atoms with Crippen LogP contribution in [0, 0.1) is 12.7 Å². The molecule has 1 aromatic carbocycles. The molecule has 0 aliphatic carbocycles. The zero-order valence-electron chi connectivity index (χ0n) is 8.69. The maximum Gasteiger partial charge on any atom is 0.375 e. The largest absolute Gasteiger partial charge is 0.475 e. The number of halogens is 2. The van der Waals surface area contributed by atoms with Gasteiger partial charge in [0, 0.05) is 4.47 Å².